The van der Waals surface area contributed by atoms with E-state index in [-0.39, 0.29) is 0 Å². The Bertz CT molecular complexity index is 638. The predicted octanol–water partition coefficient (Wildman–Crippen LogP) is 4.54. The van der Waals surface area contributed by atoms with Crippen molar-refractivity contribution in [2.75, 3.05) is 12.4 Å². The highest BCUT2D eigenvalue weighted by Gasteiger charge is 2.21. The molecule has 0 bridgehead atoms. The molecular formula is C18H24N2O. The van der Waals surface area contributed by atoms with Crippen molar-refractivity contribution < 1.29 is 4.74 Å². The predicted molar refractivity (Wildman–Crippen MR) is 88.1 cm³/mol. The minimum atomic E-state index is 0.565. The highest BCUT2D eigenvalue weighted by Crippen LogP contribution is 2.31. The van der Waals surface area contributed by atoms with E-state index in [1.807, 2.05) is 12.1 Å². The maximum Gasteiger partial charge on any atom is 0.119 e. The number of aryl methyl sites for hydroxylation is 1. The van der Waals surface area contributed by atoms with Gasteiger partial charge in [0.1, 0.15) is 5.75 Å². The average Bonchev–Trinajstić information content (AvgIpc) is 2.49. The number of benzene rings is 1. The van der Waals surface area contributed by atoms with Crippen molar-refractivity contribution in [3.05, 3.63) is 30.0 Å². The average molecular weight is 284 g/mol. The number of anilines is 1. The lowest BCUT2D eigenvalue weighted by molar-refractivity contribution is 0.350. The van der Waals surface area contributed by atoms with E-state index in [4.69, 9.17) is 4.74 Å². The number of fused-ring (bicyclic) bond motifs is 1. The molecule has 3 heteroatoms. The molecule has 1 aliphatic rings. The number of nitrogens with one attached hydrogen (secondary N) is 1. The molecule has 1 N–H and O–H groups in total. The number of methoxy groups -OCH3 is 1. The van der Waals surface area contributed by atoms with Crippen molar-refractivity contribution in [2.45, 2.75) is 45.6 Å². The van der Waals surface area contributed by atoms with Crippen LogP contribution in [-0.4, -0.2) is 18.1 Å². The summed E-state index contributed by atoms with van der Waals surface area (Å²) in [6, 6.07) is 8.81. The van der Waals surface area contributed by atoms with Gasteiger partial charge in [-0.2, -0.15) is 0 Å². The molecule has 3 rings (SSSR count). The largest absolute Gasteiger partial charge is 0.497 e. The first-order valence-electron chi connectivity index (χ1n) is 7.89. The summed E-state index contributed by atoms with van der Waals surface area (Å²) in [7, 11) is 1.71. The molecule has 1 aromatic carbocycles. The van der Waals surface area contributed by atoms with Gasteiger partial charge in [0.25, 0.3) is 0 Å². The van der Waals surface area contributed by atoms with Gasteiger partial charge in [-0.25, -0.2) is 0 Å². The highest BCUT2D eigenvalue weighted by atomic mass is 16.5. The summed E-state index contributed by atoms with van der Waals surface area (Å²) in [5, 5.41) is 4.92. The van der Waals surface area contributed by atoms with Crippen LogP contribution in [0.5, 0.6) is 5.75 Å². The van der Waals surface area contributed by atoms with Crippen LogP contribution in [0.3, 0.4) is 0 Å². The first-order chi connectivity index (χ1) is 10.2. The lowest BCUT2D eigenvalue weighted by Gasteiger charge is -2.31. The summed E-state index contributed by atoms with van der Waals surface area (Å²) in [6.07, 6.45) is 5.27. The van der Waals surface area contributed by atoms with Gasteiger partial charge < -0.3 is 10.1 Å². The van der Waals surface area contributed by atoms with Crippen LogP contribution in [0.1, 0.15) is 38.3 Å². The second-order valence-electron chi connectivity index (χ2n) is 6.21. The van der Waals surface area contributed by atoms with Crippen molar-refractivity contribution in [3.8, 4) is 5.75 Å². The first-order valence-corrected chi connectivity index (χ1v) is 7.89. The third-order valence-electron chi connectivity index (χ3n) is 4.60. The fourth-order valence-electron chi connectivity index (χ4n) is 3.31. The van der Waals surface area contributed by atoms with E-state index in [9.17, 15) is 0 Å². The topological polar surface area (TPSA) is 34.1 Å². The standard InChI is InChI=1S/C18H24N2O/c1-12-6-4-5-7-16(12)20-18-10-13(2)19-17-9-8-14(21-3)11-15(17)18/h8-12,16H,4-7H2,1-3H3,(H,19,20). The normalized spacial score (nSPS) is 22.2. The lowest BCUT2D eigenvalue weighted by atomic mass is 9.85. The fourth-order valence-corrected chi connectivity index (χ4v) is 3.31. The van der Waals surface area contributed by atoms with Crippen LogP contribution in [0.4, 0.5) is 5.69 Å². The zero-order valence-electron chi connectivity index (χ0n) is 13.1. The van der Waals surface area contributed by atoms with Crippen LogP contribution in [-0.2, 0) is 0 Å². The Morgan fingerprint density at radius 1 is 1.19 bits per heavy atom. The van der Waals surface area contributed by atoms with Crippen molar-refractivity contribution in [3.63, 3.8) is 0 Å². The fraction of sp³-hybridized carbons (Fsp3) is 0.500. The van der Waals surface area contributed by atoms with Gasteiger partial charge in [-0.1, -0.05) is 19.8 Å². The zero-order chi connectivity index (χ0) is 14.8. The third-order valence-corrected chi connectivity index (χ3v) is 4.60. The molecule has 0 radical (unpaired) electrons. The minimum Gasteiger partial charge on any atom is -0.497 e. The van der Waals surface area contributed by atoms with Gasteiger partial charge >= 0.3 is 0 Å². The summed E-state index contributed by atoms with van der Waals surface area (Å²) in [5.74, 6) is 1.61. The minimum absolute atomic E-state index is 0.565. The van der Waals surface area contributed by atoms with E-state index >= 15 is 0 Å². The van der Waals surface area contributed by atoms with Gasteiger partial charge in [-0.3, -0.25) is 4.98 Å². The molecule has 112 valence electrons. The molecule has 1 heterocycles. The Hall–Kier alpha value is -1.77. The van der Waals surface area contributed by atoms with Crippen molar-refractivity contribution in [1.82, 2.24) is 4.98 Å². The van der Waals surface area contributed by atoms with Gasteiger partial charge in [0, 0.05) is 22.8 Å². The van der Waals surface area contributed by atoms with Crippen LogP contribution in [0.15, 0.2) is 24.3 Å². The van der Waals surface area contributed by atoms with Gasteiger partial charge in [0.05, 0.1) is 12.6 Å². The van der Waals surface area contributed by atoms with Crippen LogP contribution < -0.4 is 10.1 Å². The SMILES string of the molecule is COc1ccc2nc(C)cc(NC3CCCCC3C)c2c1. The molecule has 0 saturated heterocycles. The van der Waals surface area contributed by atoms with E-state index in [1.54, 1.807) is 7.11 Å². The molecule has 0 amide bonds. The monoisotopic (exact) mass is 284 g/mol. The summed E-state index contributed by atoms with van der Waals surface area (Å²) in [6.45, 7) is 4.41. The number of pyridine rings is 1. The van der Waals surface area contributed by atoms with Crippen molar-refractivity contribution in [1.29, 1.82) is 0 Å². The number of hydrogen-bond donors (Lipinski definition) is 1. The van der Waals surface area contributed by atoms with E-state index < -0.39 is 0 Å². The second-order valence-corrected chi connectivity index (χ2v) is 6.21. The van der Waals surface area contributed by atoms with E-state index in [1.165, 1.54) is 31.4 Å². The van der Waals surface area contributed by atoms with Crippen LogP contribution in [0.2, 0.25) is 0 Å². The first kappa shape index (κ1) is 14.2. The molecule has 2 aromatic rings. The summed E-state index contributed by atoms with van der Waals surface area (Å²) >= 11 is 0. The van der Waals surface area contributed by atoms with E-state index in [0.29, 0.717) is 6.04 Å². The molecule has 0 aliphatic heterocycles. The van der Waals surface area contributed by atoms with Gasteiger partial charge in [0.15, 0.2) is 0 Å². The summed E-state index contributed by atoms with van der Waals surface area (Å²) in [4.78, 5) is 4.63. The van der Waals surface area contributed by atoms with Gasteiger partial charge in [0.2, 0.25) is 0 Å². The van der Waals surface area contributed by atoms with E-state index in [2.05, 4.69) is 36.3 Å². The highest BCUT2D eigenvalue weighted by molar-refractivity contribution is 5.92. The number of nitrogens with zero attached hydrogens (tertiary/aromatic N) is 1. The Balaban J connectivity index is 1.99. The third kappa shape index (κ3) is 2.97. The molecule has 3 nitrogen and oxygen atoms in total. The summed E-state index contributed by atoms with van der Waals surface area (Å²) in [5.41, 5.74) is 3.27. The quantitative estimate of drug-likeness (QED) is 0.898. The van der Waals surface area contributed by atoms with Gasteiger partial charge in [-0.05, 0) is 49.9 Å². The number of aromatic nitrogens is 1. The second kappa shape index (κ2) is 5.92. The molecule has 2 atom stereocenters. The zero-order valence-corrected chi connectivity index (χ0v) is 13.1. The molecule has 2 unspecified atom stereocenters. The molecular weight excluding hydrogens is 260 g/mol. The molecule has 21 heavy (non-hydrogen) atoms. The van der Waals surface area contributed by atoms with E-state index in [0.717, 1.165) is 28.3 Å². The van der Waals surface area contributed by atoms with Gasteiger partial charge in [-0.15, -0.1) is 0 Å². The number of rotatable bonds is 3. The number of hydrogen-bond acceptors (Lipinski definition) is 3. The Labute approximate surface area is 126 Å². The number of ether oxygens (including phenoxy) is 1. The van der Waals surface area contributed by atoms with Crippen LogP contribution in [0.25, 0.3) is 10.9 Å². The maximum absolute atomic E-state index is 5.36. The summed E-state index contributed by atoms with van der Waals surface area (Å²) < 4.78 is 5.36. The molecule has 1 aromatic heterocycles. The molecule has 1 saturated carbocycles. The maximum atomic E-state index is 5.36. The Morgan fingerprint density at radius 2 is 2.00 bits per heavy atom. The van der Waals surface area contributed by atoms with Crippen LogP contribution >= 0.6 is 0 Å². The smallest absolute Gasteiger partial charge is 0.119 e. The van der Waals surface area contributed by atoms with Crippen molar-refractivity contribution >= 4 is 16.6 Å². The lowest BCUT2D eigenvalue weighted by Crippen LogP contribution is -2.30. The Morgan fingerprint density at radius 3 is 2.76 bits per heavy atom. The van der Waals surface area contributed by atoms with Crippen LogP contribution in [0, 0.1) is 12.8 Å². The molecule has 1 fully saturated rings. The molecule has 0 spiro atoms. The van der Waals surface area contributed by atoms with Crippen molar-refractivity contribution in [2.24, 2.45) is 5.92 Å². The molecule has 1 aliphatic carbocycles. The Kier molecular flexibility index (Phi) is 4.00.